The van der Waals surface area contributed by atoms with Gasteiger partial charge in [-0.15, -0.1) is 0 Å². The third-order valence-electron chi connectivity index (χ3n) is 4.18. The van der Waals surface area contributed by atoms with Crippen LogP contribution in [0.5, 0.6) is 0 Å². The molecule has 1 aromatic rings. The van der Waals surface area contributed by atoms with Crippen molar-refractivity contribution in [1.29, 1.82) is 0 Å². The fraction of sp³-hybridized carbons (Fsp3) is 0.467. The number of hydrogen-bond acceptors (Lipinski definition) is 3. The number of nitrogens with one attached hydrogen (secondary N) is 2. The number of piperidine rings is 1. The van der Waals surface area contributed by atoms with Crippen molar-refractivity contribution in [3.8, 4) is 0 Å². The Balaban J connectivity index is 2.26. The maximum absolute atomic E-state index is 13.3. The van der Waals surface area contributed by atoms with Gasteiger partial charge in [-0.05, 0) is 50.6 Å². The Hall–Kier alpha value is -1.95. The molecule has 0 bridgehead atoms. The van der Waals surface area contributed by atoms with Crippen LogP contribution in [0.1, 0.15) is 36.5 Å². The fourth-order valence-corrected chi connectivity index (χ4v) is 2.71. The minimum atomic E-state index is -1.19. The highest BCUT2D eigenvalue weighted by molar-refractivity contribution is 6.02. The van der Waals surface area contributed by atoms with Gasteiger partial charge < -0.3 is 15.7 Å². The first-order chi connectivity index (χ1) is 9.98. The molecule has 0 atom stereocenters. The van der Waals surface area contributed by atoms with E-state index in [9.17, 15) is 14.0 Å². The lowest BCUT2D eigenvalue weighted by atomic mass is 9.76. The van der Waals surface area contributed by atoms with E-state index in [1.54, 1.807) is 0 Å². The molecule has 1 aliphatic rings. The first-order valence-corrected chi connectivity index (χ1v) is 7.03. The minimum Gasteiger partial charge on any atom is -0.478 e. The van der Waals surface area contributed by atoms with Crippen molar-refractivity contribution in [3.63, 3.8) is 0 Å². The van der Waals surface area contributed by atoms with Crippen molar-refractivity contribution in [2.45, 2.75) is 26.2 Å². The molecule has 0 radical (unpaired) electrons. The van der Waals surface area contributed by atoms with E-state index >= 15 is 0 Å². The highest BCUT2D eigenvalue weighted by atomic mass is 19.1. The van der Waals surface area contributed by atoms with Crippen LogP contribution in [0.2, 0.25) is 0 Å². The molecule has 21 heavy (non-hydrogen) atoms. The molecule has 1 fully saturated rings. The average Bonchev–Trinajstić information content (AvgIpc) is 2.47. The number of hydrogen-bond donors (Lipinski definition) is 3. The zero-order valence-electron chi connectivity index (χ0n) is 11.9. The molecule has 1 saturated heterocycles. The van der Waals surface area contributed by atoms with E-state index < -0.39 is 17.2 Å². The molecular weight excluding hydrogens is 275 g/mol. The van der Waals surface area contributed by atoms with Crippen LogP contribution >= 0.6 is 0 Å². The standard InChI is InChI=1S/C15H19FN2O3/c1-2-15(5-7-17-8-6-15)14(21)18-12-9-10(16)3-4-11(12)13(19)20/h3-4,9,17H,2,5-8H2,1H3,(H,18,21)(H,19,20). The van der Waals surface area contributed by atoms with Crippen LogP contribution in [0, 0.1) is 11.2 Å². The van der Waals surface area contributed by atoms with Crippen LogP contribution in [-0.2, 0) is 4.79 Å². The predicted octanol–water partition coefficient (Wildman–Crippen LogP) is 2.24. The van der Waals surface area contributed by atoms with E-state index in [0.717, 1.165) is 31.3 Å². The lowest BCUT2D eigenvalue weighted by Gasteiger charge is -2.35. The Kier molecular flexibility index (Phi) is 4.57. The van der Waals surface area contributed by atoms with Crippen LogP contribution in [0.3, 0.4) is 0 Å². The van der Waals surface area contributed by atoms with E-state index in [1.807, 2.05) is 6.92 Å². The number of halogens is 1. The van der Waals surface area contributed by atoms with Gasteiger partial charge in [0.15, 0.2) is 0 Å². The van der Waals surface area contributed by atoms with Gasteiger partial charge in [0.1, 0.15) is 5.82 Å². The van der Waals surface area contributed by atoms with Gasteiger partial charge in [0, 0.05) is 0 Å². The Bertz CT molecular complexity index is 554. The molecule has 0 unspecified atom stereocenters. The van der Waals surface area contributed by atoms with Gasteiger partial charge in [0.2, 0.25) is 5.91 Å². The van der Waals surface area contributed by atoms with Crippen molar-refractivity contribution < 1.29 is 19.1 Å². The maximum atomic E-state index is 13.3. The number of amides is 1. The number of carbonyl (C=O) groups excluding carboxylic acids is 1. The summed E-state index contributed by atoms with van der Waals surface area (Å²) in [5.41, 5.74) is -0.614. The molecule has 5 nitrogen and oxygen atoms in total. The number of anilines is 1. The predicted molar refractivity (Wildman–Crippen MR) is 76.8 cm³/mol. The first kappa shape index (κ1) is 15.4. The van der Waals surface area contributed by atoms with Crippen molar-refractivity contribution in [1.82, 2.24) is 5.32 Å². The fourth-order valence-electron chi connectivity index (χ4n) is 2.71. The van der Waals surface area contributed by atoms with Crippen molar-refractivity contribution in [3.05, 3.63) is 29.6 Å². The second kappa shape index (κ2) is 6.22. The van der Waals surface area contributed by atoms with Crippen LogP contribution in [0.15, 0.2) is 18.2 Å². The summed E-state index contributed by atoms with van der Waals surface area (Å²) in [5, 5.41) is 14.9. The Morgan fingerprint density at radius 2 is 2.05 bits per heavy atom. The lowest BCUT2D eigenvalue weighted by Crippen LogP contribution is -2.44. The van der Waals surface area contributed by atoms with Crippen molar-refractivity contribution in [2.24, 2.45) is 5.41 Å². The highest BCUT2D eigenvalue weighted by Crippen LogP contribution is 2.34. The lowest BCUT2D eigenvalue weighted by molar-refractivity contribution is -0.127. The molecule has 3 N–H and O–H groups in total. The van der Waals surface area contributed by atoms with Gasteiger partial charge in [-0.1, -0.05) is 6.92 Å². The van der Waals surface area contributed by atoms with Gasteiger partial charge in [-0.3, -0.25) is 4.79 Å². The molecule has 1 heterocycles. The van der Waals surface area contributed by atoms with Crippen LogP contribution < -0.4 is 10.6 Å². The zero-order chi connectivity index (χ0) is 15.5. The Labute approximate surface area is 122 Å². The molecular formula is C15H19FN2O3. The number of aromatic carboxylic acids is 1. The maximum Gasteiger partial charge on any atom is 0.337 e. The van der Waals surface area contributed by atoms with E-state index in [0.29, 0.717) is 19.3 Å². The molecule has 114 valence electrons. The smallest absolute Gasteiger partial charge is 0.337 e. The molecule has 0 aromatic heterocycles. The number of rotatable bonds is 4. The van der Waals surface area contributed by atoms with E-state index in [2.05, 4.69) is 10.6 Å². The molecule has 1 aromatic carbocycles. The van der Waals surface area contributed by atoms with Crippen molar-refractivity contribution >= 4 is 17.6 Å². The van der Waals surface area contributed by atoms with Gasteiger partial charge in [0.05, 0.1) is 16.7 Å². The quantitative estimate of drug-likeness (QED) is 0.796. The van der Waals surface area contributed by atoms with Gasteiger partial charge in [-0.2, -0.15) is 0 Å². The molecule has 0 aliphatic carbocycles. The molecule has 0 spiro atoms. The normalized spacial score (nSPS) is 17.2. The number of benzene rings is 1. The number of carboxylic acids is 1. The minimum absolute atomic E-state index is 0.0128. The summed E-state index contributed by atoms with van der Waals surface area (Å²) in [6.45, 7) is 3.43. The van der Waals surface area contributed by atoms with Gasteiger partial charge in [-0.25, -0.2) is 9.18 Å². The SMILES string of the molecule is CCC1(C(=O)Nc2cc(F)ccc2C(=O)O)CCNCC1. The summed E-state index contributed by atoms with van der Waals surface area (Å²) in [4.78, 5) is 23.7. The van der Waals surface area contributed by atoms with Gasteiger partial charge in [0.25, 0.3) is 0 Å². The monoisotopic (exact) mass is 294 g/mol. The van der Waals surface area contributed by atoms with E-state index in [1.165, 1.54) is 0 Å². The Morgan fingerprint density at radius 1 is 1.38 bits per heavy atom. The summed E-state index contributed by atoms with van der Waals surface area (Å²) in [5.74, 6) is -2.01. The first-order valence-electron chi connectivity index (χ1n) is 7.03. The summed E-state index contributed by atoms with van der Waals surface area (Å²) in [6, 6.07) is 3.28. The van der Waals surface area contributed by atoms with E-state index in [-0.39, 0.29) is 17.2 Å². The number of carbonyl (C=O) groups is 2. The Morgan fingerprint density at radius 3 is 2.62 bits per heavy atom. The second-order valence-corrected chi connectivity index (χ2v) is 5.33. The topological polar surface area (TPSA) is 78.4 Å². The van der Waals surface area contributed by atoms with E-state index in [4.69, 9.17) is 5.11 Å². The molecule has 2 rings (SSSR count). The molecule has 6 heteroatoms. The summed E-state index contributed by atoms with van der Waals surface area (Å²) in [7, 11) is 0. The molecule has 1 amide bonds. The summed E-state index contributed by atoms with van der Waals surface area (Å²) >= 11 is 0. The van der Waals surface area contributed by atoms with Crippen molar-refractivity contribution in [2.75, 3.05) is 18.4 Å². The number of carboxylic acid groups (broad SMARTS) is 1. The van der Waals surface area contributed by atoms with Crippen LogP contribution in [0.25, 0.3) is 0 Å². The van der Waals surface area contributed by atoms with Crippen LogP contribution in [0.4, 0.5) is 10.1 Å². The summed E-state index contributed by atoms with van der Waals surface area (Å²) in [6.07, 6.45) is 2.04. The van der Waals surface area contributed by atoms with Crippen LogP contribution in [-0.4, -0.2) is 30.1 Å². The second-order valence-electron chi connectivity index (χ2n) is 5.33. The zero-order valence-corrected chi connectivity index (χ0v) is 11.9. The summed E-state index contributed by atoms with van der Waals surface area (Å²) < 4.78 is 13.3. The third-order valence-corrected chi connectivity index (χ3v) is 4.18. The molecule has 0 saturated carbocycles. The highest BCUT2D eigenvalue weighted by Gasteiger charge is 2.38. The third kappa shape index (κ3) is 3.21. The average molecular weight is 294 g/mol. The van der Waals surface area contributed by atoms with Gasteiger partial charge >= 0.3 is 5.97 Å². The largest absolute Gasteiger partial charge is 0.478 e. The molecule has 1 aliphatic heterocycles.